The summed E-state index contributed by atoms with van der Waals surface area (Å²) in [4.78, 5) is 29.7. The molecule has 1 unspecified atom stereocenters. The van der Waals surface area contributed by atoms with E-state index in [1.54, 1.807) is 52.1 Å². The summed E-state index contributed by atoms with van der Waals surface area (Å²) in [7, 11) is -3.99. The predicted molar refractivity (Wildman–Crippen MR) is 117 cm³/mol. The van der Waals surface area contributed by atoms with Gasteiger partial charge < -0.3 is 15.0 Å². The molecule has 9 nitrogen and oxygen atoms in total. The molecule has 2 amide bonds. The average molecular weight is 449 g/mol. The zero-order valence-corrected chi connectivity index (χ0v) is 19.2. The Bertz CT molecular complexity index is 1110. The number of pyridine rings is 1. The van der Waals surface area contributed by atoms with Gasteiger partial charge in [0.05, 0.1) is 5.69 Å². The minimum Gasteiger partial charge on any atom is -0.444 e. The molecule has 1 aromatic heterocycles. The van der Waals surface area contributed by atoms with Crippen LogP contribution in [0.15, 0.2) is 35.5 Å². The van der Waals surface area contributed by atoms with Crippen LogP contribution < -0.4 is 5.32 Å². The summed E-state index contributed by atoms with van der Waals surface area (Å²) >= 11 is 0. The second-order valence-electron chi connectivity index (χ2n) is 8.61. The summed E-state index contributed by atoms with van der Waals surface area (Å²) in [5.41, 5.74) is -0.415. The summed E-state index contributed by atoms with van der Waals surface area (Å²) in [6.45, 7) is 8.96. The molecule has 1 aliphatic rings. The maximum Gasteiger partial charge on any atom is 0.410 e. The van der Waals surface area contributed by atoms with Gasteiger partial charge in [-0.3, -0.25) is 9.78 Å². The number of ether oxygens (including phenoxy) is 1. The monoisotopic (exact) mass is 448 g/mol. The van der Waals surface area contributed by atoms with Crippen LogP contribution in [0.3, 0.4) is 0 Å². The maximum atomic E-state index is 13.7. The van der Waals surface area contributed by atoms with Crippen molar-refractivity contribution in [2.75, 3.05) is 25.0 Å². The van der Waals surface area contributed by atoms with Gasteiger partial charge in [0.25, 0.3) is 0 Å². The third-order valence-corrected chi connectivity index (χ3v) is 6.98. The summed E-state index contributed by atoms with van der Waals surface area (Å²) in [6.07, 6.45) is 2.63. The Balaban J connectivity index is 1.96. The number of carbonyl (C=O) groups is 2. The topological polar surface area (TPSA) is 109 Å². The first-order valence-electron chi connectivity index (χ1n) is 10.0. The van der Waals surface area contributed by atoms with Gasteiger partial charge in [-0.2, -0.15) is 4.31 Å². The number of rotatable bonds is 3. The highest BCUT2D eigenvalue weighted by Crippen LogP contribution is 2.34. The summed E-state index contributed by atoms with van der Waals surface area (Å²) < 4.78 is 34.3. The molecule has 31 heavy (non-hydrogen) atoms. The lowest BCUT2D eigenvalue weighted by Gasteiger charge is -2.39. The first-order valence-corrected chi connectivity index (χ1v) is 11.5. The van der Waals surface area contributed by atoms with Crippen LogP contribution in [-0.2, 0) is 19.6 Å². The van der Waals surface area contributed by atoms with Crippen LogP contribution in [-0.4, -0.2) is 65.9 Å². The van der Waals surface area contributed by atoms with Gasteiger partial charge in [0, 0.05) is 55.8 Å². The third kappa shape index (κ3) is 4.96. The number of piperazine rings is 1. The van der Waals surface area contributed by atoms with Gasteiger partial charge in [0.1, 0.15) is 10.5 Å². The lowest BCUT2D eigenvalue weighted by molar-refractivity contribution is -0.114. The summed E-state index contributed by atoms with van der Waals surface area (Å²) in [5.74, 6) is -0.368. The molecule has 2 heterocycles. The van der Waals surface area contributed by atoms with Crippen LogP contribution in [0.4, 0.5) is 10.5 Å². The molecule has 10 heteroatoms. The Morgan fingerprint density at radius 3 is 2.52 bits per heavy atom. The fourth-order valence-electron chi connectivity index (χ4n) is 3.61. The zero-order valence-electron chi connectivity index (χ0n) is 18.4. The van der Waals surface area contributed by atoms with Crippen molar-refractivity contribution in [3.05, 3.63) is 30.6 Å². The molecule has 1 aromatic carbocycles. The standard InChI is InChI=1S/C21H28N4O5S/c1-14-13-24(20(27)30-21(3,4)5)10-11-25(14)31(28,29)19-17-8-9-22-12-16(17)6-7-18(19)23-15(2)26/h6-9,12,14H,10-11,13H2,1-5H3,(H,23,26). The molecular formula is C21H28N4O5S. The normalized spacial score (nSPS) is 18.1. The average Bonchev–Trinajstić information content (AvgIpc) is 2.65. The Labute approximate surface area is 182 Å². The Hall–Kier alpha value is -2.72. The van der Waals surface area contributed by atoms with E-state index in [-0.39, 0.29) is 36.1 Å². The fraction of sp³-hybridized carbons (Fsp3) is 0.476. The molecule has 0 bridgehead atoms. The van der Waals surface area contributed by atoms with Crippen LogP contribution in [0, 0.1) is 0 Å². The molecule has 1 atom stereocenters. The minimum atomic E-state index is -3.99. The van der Waals surface area contributed by atoms with Gasteiger partial charge in [-0.25, -0.2) is 13.2 Å². The van der Waals surface area contributed by atoms with Crippen molar-refractivity contribution in [3.63, 3.8) is 0 Å². The van der Waals surface area contributed by atoms with E-state index in [0.29, 0.717) is 10.8 Å². The first kappa shape index (κ1) is 23.0. The van der Waals surface area contributed by atoms with Gasteiger partial charge in [0.2, 0.25) is 15.9 Å². The zero-order chi connectivity index (χ0) is 23.0. The highest BCUT2D eigenvalue weighted by atomic mass is 32.2. The molecule has 0 aliphatic carbocycles. The van der Waals surface area contributed by atoms with Crippen molar-refractivity contribution in [3.8, 4) is 0 Å². The number of nitrogens with zero attached hydrogens (tertiary/aromatic N) is 3. The van der Waals surface area contributed by atoms with Gasteiger partial charge >= 0.3 is 6.09 Å². The van der Waals surface area contributed by atoms with Crippen molar-refractivity contribution in [1.82, 2.24) is 14.2 Å². The molecule has 2 aromatic rings. The lowest BCUT2D eigenvalue weighted by atomic mass is 10.1. The molecule has 1 fully saturated rings. The number of benzene rings is 1. The molecule has 0 radical (unpaired) electrons. The molecule has 168 valence electrons. The third-order valence-electron chi connectivity index (χ3n) is 4.87. The Kier molecular flexibility index (Phi) is 6.24. The fourth-order valence-corrected chi connectivity index (χ4v) is 5.57. The Morgan fingerprint density at radius 1 is 1.19 bits per heavy atom. The van der Waals surface area contributed by atoms with Crippen molar-refractivity contribution < 1.29 is 22.7 Å². The van der Waals surface area contributed by atoms with E-state index in [0.717, 1.165) is 0 Å². The van der Waals surface area contributed by atoms with E-state index in [2.05, 4.69) is 10.3 Å². The molecule has 0 saturated carbocycles. The highest BCUT2D eigenvalue weighted by Gasteiger charge is 2.38. The lowest BCUT2D eigenvalue weighted by Crippen LogP contribution is -2.56. The number of nitrogens with one attached hydrogen (secondary N) is 1. The van der Waals surface area contributed by atoms with E-state index in [1.807, 2.05) is 0 Å². The number of aromatic nitrogens is 1. The second kappa shape index (κ2) is 8.43. The highest BCUT2D eigenvalue weighted by molar-refractivity contribution is 7.89. The predicted octanol–water partition coefficient (Wildman–Crippen LogP) is 2.82. The van der Waals surface area contributed by atoms with E-state index in [4.69, 9.17) is 4.74 Å². The number of hydrogen-bond donors (Lipinski definition) is 1. The van der Waals surface area contributed by atoms with Gasteiger partial charge in [-0.15, -0.1) is 0 Å². The van der Waals surface area contributed by atoms with E-state index < -0.39 is 27.8 Å². The molecule has 1 saturated heterocycles. The smallest absolute Gasteiger partial charge is 0.410 e. The quantitative estimate of drug-likeness (QED) is 0.773. The van der Waals surface area contributed by atoms with Crippen molar-refractivity contribution in [2.45, 2.75) is 51.2 Å². The van der Waals surface area contributed by atoms with Gasteiger partial charge in [0.15, 0.2) is 0 Å². The first-order chi connectivity index (χ1) is 14.4. The van der Waals surface area contributed by atoms with Crippen molar-refractivity contribution in [1.29, 1.82) is 0 Å². The van der Waals surface area contributed by atoms with Gasteiger partial charge in [-0.05, 0) is 39.8 Å². The number of carbonyl (C=O) groups excluding carboxylic acids is 2. The van der Waals surface area contributed by atoms with E-state index >= 15 is 0 Å². The maximum absolute atomic E-state index is 13.7. The van der Waals surface area contributed by atoms with Crippen LogP contribution in [0.5, 0.6) is 0 Å². The van der Waals surface area contributed by atoms with Crippen LogP contribution in [0.25, 0.3) is 10.8 Å². The number of amides is 2. The minimum absolute atomic E-state index is 0.0279. The molecule has 1 N–H and O–H groups in total. The number of sulfonamides is 1. The summed E-state index contributed by atoms with van der Waals surface area (Å²) in [6, 6.07) is 4.43. The van der Waals surface area contributed by atoms with Crippen LogP contribution in [0.1, 0.15) is 34.6 Å². The molecule has 1 aliphatic heterocycles. The van der Waals surface area contributed by atoms with Crippen LogP contribution >= 0.6 is 0 Å². The largest absolute Gasteiger partial charge is 0.444 e. The molecule has 0 spiro atoms. The van der Waals surface area contributed by atoms with Crippen molar-refractivity contribution in [2.24, 2.45) is 0 Å². The number of hydrogen-bond acceptors (Lipinski definition) is 6. The van der Waals surface area contributed by atoms with E-state index in [9.17, 15) is 18.0 Å². The molecule has 3 rings (SSSR count). The van der Waals surface area contributed by atoms with Gasteiger partial charge in [-0.1, -0.05) is 6.07 Å². The Morgan fingerprint density at radius 2 is 1.90 bits per heavy atom. The van der Waals surface area contributed by atoms with Crippen molar-refractivity contribution >= 4 is 38.5 Å². The van der Waals surface area contributed by atoms with E-state index in [1.165, 1.54) is 22.3 Å². The summed E-state index contributed by atoms with van der Waals surface area (Å²) in [5, 5.41) is 3.75. The molecular weight excluding hydrogens is 420 g/mol. The van der Waals surface area contributed by atoms with Crippen LogP contribution in [0.2, 0.25) is 0 Å². The number of anilines is 1. The SMILES string of the molecule is CC(=O)Nc1ccc2cnccc2c1S(=O)(=O)N1CCN(C(=O)OC(C)(C)C)CC1C. The second-order valence-corrected chi connectivity index (χ2v) is 10.4. The number of fused-ring (bicyclic) bond motifs is 1.